The molecule has 1 aromatic carbocycles. The molecule has 0 unspecified atom stereocenters. The summed E-state index contributed by atoms with van der Waals surface area (Å²) in [7, 11) is 0. The first-order valence-electron chi connectivity index (χ1n) is 6.39. The molecule has 2 atom stereocenters. The molecule has 0 spiro atoms. The number of fused-ring (bicyclic) bond motifs is 1. The lowest BCUT2D eigenvalue weighted by Gasteiger charge is -2.39. The minimum atomic E-state index is -0.0688. The van der Waals surface area contributed by atoms with Crippen molar-refractivity contribution in [2.45, 2.75) is 38.8 Å². The minimum Gasteiger partial charge on any atom is -0.352 e. The lowest BCUT2D eigenvalue weighted by atomic mass is 9.91. The Bertz CT molecular complexity index is 504. The molecule has 1 aromatic rings. The molecule has 102 valence electrons. The fourth-order valence-corrected chi connectivity index (χ4v) is 2.79. The fraction of sp³-hybridized carbons (Fsp3) is 0.429. The molecule has 0 bridgehead atoms. The summed E-state index contributed by atoms with van der Waals surface area (Å²) >= 11 is 6.03. The summed E-state index contributed by atoms with van der Waals surface area (Å²) in [5.74, 6) is 0.0700. The first-order valence-corrected chi connectivity index (χ1v) is 6.77. The highest BCUT2D eigenvalue weighted by molar-refractivity contribution is 6.31. The van der Waals surface area contributed by atoms with Gasteiger partial charge in [0.05, 0.1) is 11.7 Å². The Morgan fingerprint density at radius 3 is 2.95 bits per heavy atom. The Morgan fingerprint density at radius 1 is 1.58 bits per heavy atom. The maximum Gasteiger partial charge on any atom is 0.226 e. The van der Waals surface area contributed by atoms with Crippen LogP contribution in [0.5, 0.6) is 0 Å². The van der Waals surface area contributed by atoms with Gasteiger partial charge < -0.3 is 10.2 Å². The van der Waals surface area contributed by atoms with Crippen molar-refractivity contribution in [2.24, 2.45) is 0 Å². The van der Waals surface area contributed by atoms with Gasteiger partial charge in [0, 0.05) is 17.5 Å². The topological polar surface area (TPSA) is 49.4 Å². The van der Waals surface area contributed by atoms with Gasteiger partial charge in [-0.2, -0.15) is 0 Å². The van der Waals surface area contributed by atoms with Crippen molar-refractivity contribution >= 4 is 29.6 Å². The van der Waals surface area contributed by atoms with Gasteiger partial charge >= 0.3 is 0 Å². The van der Waals surface area contributed by atoms with Gasteiger partial charge in [-0.05, 0) is 31.0 Å². The molecule has 0 saturated heterocycles. The summed E-state index contributed by atoms with van der Waals surface area (Å²) in [5.41, 5.74) is 1.74. The molecule has 0 radical (unpaired) electrons. The predicted octanol–water partition coefficient (Wildman–Crippen LogP) is 2.66. The van der Waals surface area contributed by atoms with Gasteiger partial charge in [-0.25, -0.2) is 0 Å². The first kappa shape index (κ1) is 13.9. The molecular formula is C14H17ClN2O2. The van der Waals surface area contributed by atoms with Crippen LogP contribution >= 0.6 is 11.6 Å². The van der Waals surface area contributed by atoms with Gasteiger partial charge in [0.1, 0.15) is 0 Å². The lowest BCUT2D eigenvalue weighted by Crippen LogP contribution is -2.45. The van der Waals surface area contributed by atoms with Crippen LogP contribution in [0.15, 0.2) is 18.2 Å². The predicted molar refractivity (Wildman–Crippen MR) is 75.2 cm³/mol. The van der Waals surface area contributed by atoms with Gasteiger partial charge in [0.2, 0.25) is 12.3 Å². The Hall–Kier alpha value is -1.55. The highest BCUT2D eigenvalue weighted by Gasteiger charge is 2.32. The second-order valence-electron chi connectivity index (χ2n) is 4.74. The van der Waals surface area contributed by atoms with Gasteiger partial charge in [0.15, 0.2) is 0 Å². The van der Waals surface area contributed by atoms with E-state index in [-0.39, 0.29) is 18.0 Å². The normalized spacial score (nSPS) is 21.7. The zero-order valence-corrected chi connectivity index (χ0v) is 11.8. The molecular weight excluding hydrogens is 264 g/mol. The van der Waals surface area contributed by atoms with Crippen LogP contribution in [-0.4, -0.2) is 18.4 Å². The van der Waals surface area contributed by atoms with Crippen LogP contribution < -0.4 is 10.2 Å². The van der Waals surface area contributed by atoms with Crippen LogP contribution in [0.4, 0.5) is 5.69 Å². The summed E-state index contributed by atoms with van der Waals surface area (Å²) in [4.78, 5) is 24.6. The van der Waals surface area contributed by atoms with Crippen LogP contribution in [0.3, 0.4) is 0 Å². The SMILES string of the molecule is CCC(=O)N1c2cc(Cl)ccc2[C@H](NC=O)C[C@@H]1C. The van der Waals surface area contributed by atoms with Crippen LogP contribution in [0, 0.1) is 0 Å². The maximum absolute atomic E-state index is 12.1. The summed E-state index contributed by atoms with van der Waals surface area (Å²) in [6, 6.07) is 5.42. The second kappa shape index (κ2) is 5.61. The summed E-state index contributed by atoms with van der Waals surface area (Å²) < 4.78 is 0. The maximum atomic E-state index is 12.1. The van der Waals surface area contributed by atoms with Crippen LogP contribution in [0.2, 0.25) is 5.02 Å². The lowest BCUT2D eigenvalue weighted by molar-refractivity contribution is -0.118. The van der Waals surface area contributed by atoms with Crippen molar-refractivity contribution in [2.75, 3.05) is 4.90 Å². The third-order valence-corrected chi connectivity index (χ3v) is 3.72. The number of anilines is 1. The zero-order valence-electron chi connectivity index (χ0n) is 11.0. The quantitative estimate of drug-likeness (QED) is 0.866. The fourth-order valence-electron chi connectivity index (χ4n) is 2.62. The number of carbonyl (C=O) groups is 2. The smallest absolute Gasteiger partial charge is 0.226 e. The molecule has 0 aromatic heterocycles. The molecule has 1 heterocycles. The Balaban J connectivity index is 2.50. The molecule has 4 nitrogen and oxygen atoms in total. The molecule has 1 aliphatic heterocycles. The highest BCUT2D eigenvalue weighted by atomic mass is 35.5. The molecule has 5 heteroatoms. The van der Waals surface area contributed by atoms with Crippen molar-refractivity contribution in [1.29, 1.82) is 0 Å². The van der Waals surface area contributed by atoms with Crippen LogP contribution in [0.25, 0.3) is 0 Å². The Labute approximate surface area is 117 Å². The number of halogens is 1. The van der Waals surface area contributed by atoms with E-state index in [0.717, 1.165) is 11.3 Å². The molecule has 0 aliphatic carbocycles. The van der Waals surface area contributed by atoms with Crippen LogP contribution in [-0.2, 0) is 9.59 Å². The second-order valence-corrected chi connectivity index (χ2v) is 5.18. The van der Waals surface area contributed by atoms with Crippen molar-refractivity contribution in [3.05, 3.63) is 28.8 Å². The van der Waals surface area contributed by atoms with E-state index in [2.05, 4.69) is 5.32 Å². The Kier molecular flexibility index (Phi) is 4.10. The van der Waals surface area contributed by atoms with E-state index in [1.54, 1.807) is 17.0 Å². The van der Waals surface area contributed by atoms with E-state index in [0.29, 0.717) is 24.3 Å². The van der Waals surface area contributed by atoms with Gasteiger partial charge in [-0.3, -0.25) is 9.59 Å². The molecule has 19 heavy (non-hydrogen) atoms. The number of hydrogen-bond donors (Lipinski definition) is 1. The van der Waals surface area contributed by atoms with E-state index in [4.69, 9.17) is 11.6 Å². The highest BCUT2D eigenvalue weighted by Crippen LogP contribution is 2.38. The molecule has 0 saturated carbocycles. The monoisotopic (exact) mass is 280 g/mol. The van der Waals surface area contributed by atoms with Crippen molar-refractivity contribution in [1.82, 2.24) is 5.32 Å². The number of benzene rings is 1. The largest absolute Gasteiger partial charge is 0.352 e. The summed E-state index contributed by atoms with van der Waals surface area (Å²) in [5, 5.41) is 3.40. The van der Waals surface area contributed by atoms with Crippen molar-refractivity contribution in [3.63, 3.8) is 0 Å². The number of nitrogens with one attached hydrogen (secondary N) is 1. The molecule has 1 aliphatic rings. The van der Waals surface area contributed by atoms with Crippen molar-refractivity contribution < 1.29 is 9.59 Å². The summed E-state index contributed by atoms with van der Waals surface area (Å²) in [6.07, 6.45) is 1.86. The van der Waals surface area contributed by atoms with E-state index >= 15 is 0 Å². The van der Waals surface area contributed by atoms with Crippen molar-refractivity contribution in [3.8, 4) is 0 Å². The van der Waals surface area contributed by atoms with E-state index in [1.165, 1.54) is 0 Å². The van der Waals surface area contributed by atoms with Gasteiger partial charge in [-0.15, -0.1) is 0 Å². The van der Waals surface area contributed by atoms with E-state index in [9.17, 15) is 9.59 Å². The third-order valence-electron chi connectivity index (χ3n) is 3.49. The van der Waals surface area contributed by atoms with Gasteiger partial charge in [0.25, 0.3) is 0 Å². The molecule has 2 rings (SSSR count). The average molecular weight is 281 g/mol. The number of nitrogens with zero attached hydrogens (tertiary/aromatic N) is 1. The number of carbonyl (C=O) groups excluding carboxylic acids is 2. The standard InChI is InChI=1S/C14H17ClN2O2/c1-3-14(19)17-9(2)6-12(16-8-18)11-5-4-10(15)7-13(11)17/h4-5,7-9,12H,3,6H2,1-2H3,(H,16,18)/t9-,12+/m0/s1. The average Bonchev–Trinajstić information content (AvgIpc) is 2.38. The Morgan fingerprint density at radius 2 is 2.32 bits per heavy atom. The molecule has 2 amide bonds. The third kappa shape index (κ3) is 2.59. The summed E-state index contributed by atoms with van der Waals surface area (Å²) in [6.45, 7) is 3.83. The molecule has 1 N–H and O–H groups in total. The number of amides is 2. The van der Waals surface area contributed by atoms with E-state index < -0.39 is 0 Å². The van der Waals surface area contributed by atoms with Gasteiger partial charge in [-0.1, -0.05) is 24.6 Å². The molecule has 0 fully saturated rings. The van der Waals surface area contributed by atoms with Crippen LogP contribution in [0.1, 0.15) is 38.3 Å². The van der Waals surface area contributed by atoms with E-state index in [1.807, 2.05) is 19.9 Å². The number of rotatable bonds is 3. The zero-order chi connectivity index (χ0) is 14.0. The first-order chi connectivity index (χ1) is 9.08. The number of hydrogen-bond acceptors (Lipinski definition) is 2. The minimum absolute atomic E-state index is 0.0378.